The Morgan fingerprint density at radius 3 is 2.38 bits per heavy atom. The van der Waals surface area contributed by atoms with E-state index in [0.717, 1.165) is 13.1 Å². The molecule has 0 aliphatic carbocycles. The molecule has 1 amide bonds. The van der Waals surface area contributed by atoms with Gasteiger partial charge in [0.1, 0.15) is 5.60 Å². The van der Waals surface area contributed by atoms with Gasteiger partial charge in [0, 0.05) is 25.4 Å². The van der Waals surface area contributed by atoms with Crippen LogP contribution in [0.5, 0.6) is 0 Å². The second kappa shape index (κ2) is 4.85. The zero-order valence-electron chi connectivity index (χ0n) is 10.6. The van der Waals surface area contributed by atoms with Gasteiger partial charge < -0.3 is 9.64 Å². The number of carbonyl (C=O) groups excluding carboxylic acids is 2. The summed E-state index contributed by atoms with van der Waals surface area (Å²) < 4.78 is 5.20. The van der Waals surface area contributed by atoms with Crippen molar-refractivity contribution in [2.24, 2.45) is 5.92 Å². The lowest BCUT2D eigenvalue weighted by Crippen LogP contribution is -2.36. The minimum absolute atomic E-state index is 0.00750. The smallest absolute Gasteiger partial charge is 0.306 e. The van der Waals surface area contributed by atoms with Crippen LogP contribution in [0.2, 0.25) is 0 Å². The lowest BCUT2D eigenvalue weighted by Gasteiger charge is -2.26. The standard InChI is InChI=1S/C12H21NO3/c1-5-13(6-2)10(14)7-9-8-11(15)16-12(9,3)4/h9H,5-8H2,1-4H3. The fourth-order valence-electron chi connectivity index (χ4n) is 2.10. The Balaban J connectivity index is 2.60. The van der Waals surface area contributed by atoms with Gasteiger partial charge in [0.15, 0.2) is 0 Å². The number of cyclic esters (lactones) is 1. The van der Waals surface area contributed by atoms with Gasteiger partial charge in [-0.25, -0.2) is 0 Å². The highest BCUT2D eigenvalue weighted by Gasteiger charge is 2.42. The summed E-state index contributed by atoms with van der Waals surface area (Å²) in [5.74, 6) is -0.0724. The predicted octanol–water partition coefficient (Wildman–Crippen LogP) is 1.59. The molecule has 16 heavy (non-hydrogen) atoms. The summed E-state index contributed by atoms with van der Waals surface area (Å²) >= 11 is 0. The van der Waals surface area contributed by atoms with Crippen molar-refractivity contribution in [3.8, 4) is 0 Å². The highest BCUT2D eigenvalue weighted by molar-refractivity contribution is 5.79. The summed E-state index contributed by atoms with van der Waals surface area (Å²) in [6.45, 7) is 9.11. The molecule has 1 unspecified atom stereocenters. The van der Waals surface area contributed by atoms with Gasteiger partial charge in [-0.05, 0) is 27.7 Å². The van der Waals surface area contributed by atoms with Gasteiger partial charge in [0.05, 0.1) is 6.42 Å². The van der Waals surface area contributed by atoms with E-state index in [2.05, 4.69) is 0 Å². The quantitative estimate of drug-likeness (QED) is 0.685. The maximum absolute atomic E-state index is 11.9. The van der Waals surface area contributed by atoms with Gasteiger partial charge in [0.25, 0.3) is 0 Å². The van der Waals surface area contributed by atoms with Crippen LogP contribution in [0.3, 0.4) is 0 Å². The van der Waals surface area contributed by atoms with Crippen molar-refractivity contribution in [1.82, 2.24) is 4.90 Å². The fourth-order valence-corrected chi connectivity index (χ4v) is 2.10. The molecule has 0 spiro atoms. The summed E-state index contributed by atoms with van der Waals surface area (Å²) in [6, 6.07) is 0. The Hall–Kier alpha value is -1.06. The van der Waals surface area contributed by atoms with Crippen molar-refractivity contribution in [2.75, 3.05) is 13.1 Å². The Kier molecular flexibility index (Phi) is 3.94. The zero-order valence-corrected chi connectivity index (χ0v) is 10.6. The Morgan fingerprint density at radius 1 is 1.44 bits per heavy atom. The van der Waals surface area contributed by atoms with E-state index in [9.17, 15) is 9.59 Å². The van der Waals surface area contributed by atoms with Crippen molar-refractivity contribution in [2.45, 2.75) is 46.1 Å². The van der Waals surface area contributed by atoms with Crippen LogP contribution in [0.25, 0.3) is 0 Å². The third-order valence-electron chi connectivity index (χ3n) is 3.31. The molecule has 1 heterocycles. The first kappa shape index (κ1) is 13.0. The molecule has 1 saturated heterocycles. The highest BCUT2D eigenvalue weighted by atomic mass is 16.6. The number of carbonyl (C=O) groups is 2. The van der Waals surface area contributed by atoms with Crippen LogP contribution in [0.4, 0.5) is 0 Å². The fraction of sp³-hybridized carbons (Fsp3) is 0.833. The van der Waals surface area contributed by atoms with Crippen LogP contribution in [-0.4, -0.2) is 35.5 Å². The van der Waals surface area contributed by atoms with E-state index in [0.29, 0.717) is 12.8 Å². The van der Waals surface area contributed by atoms with Crippen molar-refractivity contribution < 1.29 is 14.3 Å². The van der Waals surface area contributed by atoms with Crippen LogP contribution in [-0.2, 0) is 14.3 Å². The Labute approximate surface area is 96.9 Å². The van der Waals surface area contributed by atoms with Gasteiger partial charge in [-0.15, -0.1) is 0 Å². The summed E-state index contributed by atoms with van der Waals surface area (Å²) in [6.07, 6.45) is 0.764. The van der Waals surface area contributed by atoms with Crippen LogP contribution in [0, 0.1) is 5.92 Å². The molecule has 0 bridgehead atoms. The summed E-state index contributed by atoms with van der Waals surface area (Å²) in [5.41, 5.74) is -0.500. The minimum atomic E-state index is -0.500. The van der Waals surface area contributed by atoms with Gasteiger partial charge in [0.2, 0.25) is 5.91 Å². The van der Waals surface area contributed by atoms with E-state index in [1.54, 1.807) is 4.90 Å². The topological polar surface area (TPSA) is 46.6 Å². The van der Waals surface area contributed by atoms with E-state index in [4.69, 9.17) is 4.74 Å². The molecule has 92 valence electrons. The van der Waals surface area contributed by atoms with E-state index >= 15 is 0 Å². The highest BCUT2D eigenvalue weighted by Crippen LogP contribution is 2.34. The molecule has 1 aliphatic rings. The lowest BCUT2D eigenvalue weighted by atomic mass is 9.87. The van der Waals surface area contributed by atoms with Crippen molar-refractivity contribution in [1.29, 1.82) is 0 Å². The number of esters is 1. The number of amides is 1. The summed E-state index contributed by atoms with van der Waals surface area (Å²) in [5, 5.41) is 0. The summed E-state index contributed by atoms with van der Waals surface area (Å²) in [7, 11) is 0. The molecule has 1 fully saturated rings. The third-order valence-corrected chi connectivity index (χ3v) is 3.31. The first-order valence-electron chi connectivity index (χ1n) is 5.90. The zero-order chi connectivity index (χ0) is 12.3. The normalized spacial score (nSPS) is 23.0. The minimum Gasteiger partial charge on any atom is -0.459 e. The predicted molar refractivity (Wildman–Crippen MR) is 60.8 cm³/mol. The molecule has 0 aromatic carbocycles. The molecule has 0 radical (unpaired) electrons. The Bertz CT molecular complexity index is 282. The van der Waals surface area contributed by atoms with Gasteiger partial charge in [-0.1, -0.05) is 0 Å². The average molecular weight is 227 g/mol. The molecule has 0 aromatic heterocycles. The van der Waals surface area contributed by atoms with Crippen LogP contribution < -0.4 is 0 Å². The van der Waals surface area contributed by atoms with Crippen LogP contribution >= 0.6 is 0 Å². The van der Waals surface area contributed by atoms with Crippen molar-refractivity contribution in [3.05, 3.63) is 0 Å². The van der Waals surface area contributed by atoms with Gasteiger partial charge in [-0.3, -0.25) is 9.59 Å². The van der Waals surface area contributed by atoms with E-state index in [1.807, 2.05) is 27.7 Å². The van der Waals surface area contributed by atoms with E-state index in [-0.39, 0.29) is 17.8 Å². The van der Waals surface area contributed by atoms with Crippen LogP contribution in [0.1, 0.15) is 40.5 Å². The second-order valence-electron chi connectivity index (χ2n) is 4.75. The van der Waals surface area contributed by atoms with Crippen molar-refractivity contribution >= 4 is 11.9 Å². The number of hydrogen-bond acceptors (Lipinski definition) is 3. The monoisotopic (exact) mass is 227 g/mol. The molecular formula is C12H21NO3. The third kappa shape index (κ3) is 2.74. The molecule has 0 saturated carbocycles. The molecule has 4 nitrogen and oxygen atoms in total. The average Bonchev–Trinajstić information content (AvgIpc) is 2.41. The number of rotatable bonds is 4. The van der Waals surface area contributed by atoms with E-state index in [1.165, 1.54) is 0 Å². The Morgan fingerprint density at radius 2 is 2.00 bits per heavy atom. The van der Waals surface area contributed by atoms with Crippen molar-refractivity contribution in [3.63, 3.8) is 0 Å². The molecule has 4 heteroatoms. The lowest BCUT2D eigenvalue weighted by molar-refractivity contribution is -0.147. The first-order chi connectivity index (χ1) is 7.40. The van der Waals surface area contributed by atoms with Gasteiger partial charge >= 0.3 is 5.97 Å². The summed E-state index contributed by atoms with van der Waals surface area (Å²) in [4.78, 5) is 24.9. The maximum Gasteiger partial charge on any atom is 0.306 e. The molecule has 1 atom stereocenters. The molecular weight excluding hydrogens is 206 g/mol. The van der Waals surface area contributed by atoms with Gasteiger partial charge in [-0.2, -0.15) is 0 Å². The largest absolute Gasteiger partial charge is 0.459 e. The molecule has 1 aliphatic heterocycles. The number of hydrogen-bond donors (Lipinski definition) is 0. The first-order valence-corrected chi connectivity index (χ1v) is 5.90. The number of nitrogens with zero attached hydrogens (tertiary/aromatic N) is 1. The maximum atomic E-state index is 11.9. The van der Waals surface area contributed by atoms with Crippen LogP contribution in [0.15, 0.2) is 0 Å². The molecule has 1 rings (SSSR count). The molecule has 0 aromatic rings. The van der Waals surface area contributed by atoms with E-state index < -0.39 is 5.60 Å². The second-order valence-corrected chi connectivity index (χ2v) is 4.75. The number of ether oxygens (including phenoxy) is 1. The molecule has 0 N–H and O–H groups in total. The SMILES string of the molecule is CCN(CC)C(=O)CC1CC(=O)OC1(C)C.